The lowest BCUT2D eigenvalue weighted by molar-refractivity contribution is 0.662. The molecule has 0 fully saturated rings. The molecule has 1 aromatic rings. The lowest BCUT2D eigenvalue weighted by Gasteiger charge is -2.15. The van der Waals surface area contributed by atoms with Gasteiger partial charge in [-0.1, -0.05) is 31.2 Å². The Bertz CT molecular complexity index is 256. The summed E-state index contributed by atoms with van der Waals surface area (Å²) in [5, 5.41) is 3.34. The first-order chi connectivity index (χ1) is 6.81. The first kappa shape index (κ1) is 11.6. The molecule has 1 unspecified atom stereocenters. The number of benzene rings is 1. The van der Waals surface area contributed by atoms with E-state index in [9.17, 15) is 0 Å². The van der Waals surface area contributed by atoms with Crippen LogP contribution in [0.3, 0.4) is 0 Å². The Hall–Kier alpha value is -0.470. The minimum absolute atomic E-state index is 0.482. The van der Waals surface area contributed by atoms with Gasteiger partial charge in [-0.2, -0.15) is 11.8 Å². The van der Waals surface area contributed by atoms with E-state index < -0.39 is 0 Å². The quantitative estimate of drug-likeness (QED) is 0.800. The van der Waals surface area contributed by atoms with E-state index in [0.717, 1.165) is 12.2 Å². The van der Waals surface area contributed by atoms with Gasteiger partial charge in [0.1, 0.15) is 0 Å². The van der Waals surface area contributed by atoms with Crippen LogP contribution in [0, 0.1) is 0 Å². The van der Waals surface area contributed by atoms with Crippen LogP contribution in [0.4, 0.5) is 0 Å². The van der Waals surface area contributed by atoms with Gasteiger partial charge < -0.3 is 5.32 Å². The summed E-state index contributed by atoms with van der Waals surface area (Å²) in [6.07, 6.45) is 3.26. The SMILES string of the molecule is CCc1ccc(C(CSC)NC)cc1. The summed E-state index contributed by atoms with van der Waals surface area (Å²) in [4.78, 5) is 0. The molecule has 0 aliphatic heterocycles. The van der Waals surface area contributed by atoms with Crippen molar-refractivity contribution in [3.8, 4) is 0 Å². The van der Waals surface area contributed by atoms with Crippen LogP contribution < -0.4 is 5.32 Å². The van der Waals surface area contributed by atoms with E-state index in [1.54, 1.807) is 0 Å². The smallest absolute Gasteiger partial charge is 0.0409 e. The second-order valence-electron chi connectivity index (χ2n) is 3.39. The molecule has 0 saturated heterocycles. The molecule has 0 bridgehead atoms. The first-order valence-electron chi connectivity index (χ1n) is 5.06. The number of nitrogens with one attached hydrogen (secondary N) is 1. The van der Waals surface area contributed by atoms with Crippen LogP contribution in [0.1, 0.15) is 24.1 Å². The third-order valence-electron chi connectivity index (χ3n) is 2.47. The van der Waals surface area contributed by atoms with Gasteiger partial charge in [-0.15, -0.1) is 0 Å². The zero-order valence-corrected chi connectivity index (χ0v) is 10.0. The highest BCUT2D eigenvalue weighted by molar-refractivity contribution is 7.98. The van der Waals surface area contributed by atoms with Crippen LogP contribution in [0.15, 0.2) is 24.3 Å². The summed E-state index contributed by atoms with van der Waals surface area (Å²) < 4.78 is 0. The summed E-state index contributed by atoms with van der Waals surface area (Å²) in [5.74, 6) is 1.13. The second kappa shape index (κ2) is 6.10. The van der Waals surface area contributed by atoms with E-state index in [2.05, 4.69) is 42.8 Å². The minimum Gasteiger partial charge on any atom is -0.312 e. The fourth-order valence-electron chi connectivity index (χ4n) is 1.50. The van der Waals surface area contributed by atoms with Crippen LogP contribution in [-0.4, -0.2) is 19.1 Å². The van der Waals surface area contributed by atoms with Crippen molar-refractivity contribution in [2.24, 2.45) is 0 Å². The molecule has 0 aliphatic carbocycles. The van der Waals surface area contributed by atoms with Gasteiger partial charge in [0.15, 0.2) is 0 Å². The fourth-order valence-corrected chi connectivity index (χ4v) is 2.19. The van der Waals surface area contributed by atoms with Crippen LogP contribution in [0.2, 0.25) is 0 Å². The van der Waals surface area contributed by atoms with Crippen molar-refractivity contribution in [3.63, 3.8) is 0 Å². The molecular formula is C12H19NS. The summed E-state index contributed by atoms with van der Waals surface area (Å²) in [6.45, 7) is 2.19. The third-order valence-corrected chi connectivity index (χ3v) is 3.14. The van der Waals surface area contributed by atoms with E-state index in [1.165, 1.54) is 11.1 Å². The normalized spacial score (nSPS) is 12.8. The fraction of sp³-hybridized carbons (Fsp3) is 0.500. The van der Waals surface area contributed by atoms with Crippen molar-refractivity contribution in [1.82, 2.24) is 5.32 Å². The summed E-state index contributed by atoms with van der Waals surface area (Å²) in [6, 6.07) is 9.39. The van der Waals surface area contributed by atoms with Gasteiger partial charge in [-0.3, -0.25) is 0 Å². The molecular weight excluding hydrogens is 190 g/mol. The Balaban J connectivity index is 2.73. The number of rotatable bonds is 5. The maximum atomic E-state index is 3.34. The molecule has 0 saturated carbocycles. The minimum atomic E-state index is 0.482. The largest absolute Gasteiger partial charge is 0.312 e. The second-order valence-corrected chi connectivity index (χ2v) is 4.30. The van der Waals surface area contributed by atoms with E-state index in [4.69, 9.17) is 0 Å². The predicted molar refractivity (Wildman–Crippen MR) is 66.0 cm³/mol. The summed E-state index contributed by atoms with van der Waals surface area (Å²) in [7, 11) is 2.02. The Morgan fingerprint density at radius 1 is 1.29 bits per heavy atom. The molecule has 2 heteroatoms. The lowest BCUT2D eigenvalue weighted by atomic mass is 10.1. The van der Waals surface area contributed by atoms with Crippen molar-refractivity contribution in [1.29, 1.82) is 0 Å². The van der Waals surface area contributed by atoms with Crippen molar-refractivity contribution >= 4 is 11.8 Å². The molecule has 1 nitrogen and oxygen atoms in total. The molecule has 0 heterocycles. The monoisotopic (exact) mass is 209 g/mol. The predicted octanol–water partition coefficient (Wildman–Crippen LogP) is 2.87. The standard InChI is InChI=1S/C12H19NS/c1-4-10-5-7-11(8-6-10)12(13-2)9-14-3/h5-8,12-13H,4,9H2,1-3H3. The number of thioether (sulfide) groups is 1. The third kappa shape index (κ3) is 3.03. The highest BCUT2D eigenvalue weighted by Crippen LogP contribution is 2.17. The Labute approximate surface area is 91.3 Å². The zero-order valence-electron chi connectivity index (χ0n) is 9.21. The highest BCUT2D eigenvalue weighted by atomic mass is 32.2. The van der Waals surface area contributed by atoms with Crippen LogP contribution in [0.5, 0.6) is 0 Å². The topological polar surface area (TPSA) is 12.0 Å². The van der Waals surface area contributed by atoms with Gasteiger partial charge in [-0.25, -0.2) is 0 Å². The van der Waals surface area contributed by atoms with Crippen LogP contribution in [-0.2, 0) is 6.42 Å². The number of hydrogen-bond acceptors (Lipinski definition) is 2. The Morgan fingerprint density at radius 3 is 2.36 bits per heavy atom. The van der Waals surface area contributed by atoms with Gasteiger partial charge in [-0.05, 0) is 30.9 Å². The maximum absolute atomic E-state index is 3.34. The maximum Gasteiger partial charge on any atom is 0.0409 e. The van der Waals surface area contributed by atoms with Crippen LogP contribution >= 0.6 is 11.8 Å². The molecule has 1 atom stereocenters. The average molecular weight is 209 g/mol. The van der Waals surface area contributed by atoms with E-state index in [1.807, 2.05) is 18.8 Å². The molecule has 0 amide bonds. The van der Waals surface area contributed by atoms with Crippen molar-refractivity contribution in [2.75, 3.05) is 19.1 Å². The van der Waals surface area contributed by atoms with E-state index in [-0.39, 0.29) is 0 Å². The van der Waals surface area contributed by atoms with E-state index in [0.29, 0.717) is 6.04 Å². The molecule has 0 spiro atoms. The highest BCUT2D eigenvalue weighted by Gasteiger charge is 2.07. The summed E-state index contributed by atoms with van der Waals surface area (Å²) >= 11 is 1.88. The van der Waals surface area contributed by atoms with Gasteiger partial charge in [0.2, 0.25) is 0 Å². The molecule has 0 aliphatic rings. The van der Waals surface area contributed by atoms with Gasteiger partial charge in [0, 0.05) is 11.8 Å². The van der Waals surface area contributed by atoms with E-state index >= 15 is 0 Å². The molecule has 0 aromatic heterocycles. The van der Waals surface area contributed by atoms with Crippen molar-refractivity contribution in [2.45, 2.75) is 19.4 Å². The van der Waals surface area contributed by atoms with Crippen molar-refractivity contribution < 1.29 is 0 Å². The number of hydrogen-bond donors (Lipinski definition) is 1. The Morgan fingerprint density at radius 2 is 1.93 bits per heavy atom. The average Bonchev–Trinajstić information content (AvgIpc) is 2.26. The summed E-state index contributed by atoms with van der Waals surface area (Å²) in [5.41, 5.74) is 2.80. The lowest BCUT2D eigenvalue weighted by Crippen LogP contribution is -2.18. The molecule has 14 heavy (non-hydrogen) atoms. The Kier molecular flexibility index (Phi) is 5.05. The van der Waals surface area contributed by atoms with Crippen molar-refractivity contribution in [3.05, 3.63) is 35.4 Å². The molecule has 0 radical (unpaired) electrons. The van der Waals surface area contributed by atoms with Gasteiger partial charge in [0.25, 0.3) is 0 Å². The molecule has 1 N–H and O–H groups in total. The van der Waals surface area contributed by atoms with Gasteiger partial charge >= 0.3 is 0 Å². The molecule has 78 valence electrons. The van der Waals surface area contributed by atoms with Gasteiger partial charge in [0.05, 0.1) is 0 Å². The molecule has 1 rings (SSSR count). The molecule has 1 aromatic carbocycles. The van der Waals surface area contributed by atoms with Crippen LogP contribution in [0.25, 0.3) is 0 Å². The number of aryl methyl sites for hydroxylation is 1. The first-order valence-corrected chi connectivity index (χ1v) is 6.46. The zero-order chi connectivity index (χ0) is 10.4.